The Balaban J connectivity index is 1.84. The summed E-state index contributed by atoms with van der Waals surface area (Å²) < 4.78 is 5.61. The van der Waals surface area contributed by atoms with Crippen molar-refractivity contribution in [2.24, 2.45) is 0 Å². The van der Waals surface area contributed by atoms with Crippen LogP contribution in [-0.4, -0.2) is 35.1 Å². The second kappa shape index (κ2) is 8.29. The molecule has 0 bridgehead atoms. The number of benzene rings is 1. The van der Waals surface area contributed by atoms with Crippen LogP contribution >= 0.6 is 0 Å². The van der Waals surface area contributed by atoms with Crippen molar-refractivity contribution >= 4 is 17.3 Å². The molecule has 25 heavy (non-hydrogen) atoms. The van der Waals surface area contributed by atoms with Crippen molar-refractivity contribution in [3.05, 3.63) is 34.4 Å². The Labute approximate surface area is 148 Å². The molecule has 0 spiro atoms. The maximum atomic E-state index is 12.5. The van der Waals surface area contributed by atoms with Crippen LogP contribution in [0.2, 0.25) is 0 Å². The average Bonchev–Trinajstić information content (AvgIpc) is 3.06. The first-order valence-electron chi connectivity index (χ1n) is 8.73. The summed E-state index contributed by atoms with van der Waals surface area (Å²) in [6.45, 7) is 6.42. The number of hydrogen-bond donors (Lipinski definition) is 2. The molecule has 0 saturated carbocycles. The molecule has 1 amide bonds. The molecule has 7 heteroatoms. The predicted octanol–water partition coefficient (Wildman–Crippen LogP) is 3.25. The summed E-state index contributed by atoms with van der Waals surface area (Å²) in [5.74, 6) is -0.106. The third-order valence-electron chi connectivity index (χ3n) is 4.43. The van der Waals surface area contributed by atoms with Gasteiger partial charge >= 0.3 is 0 Å². The van der Waals surface area contributed by atoms with Crippen LogP contribution in [0.5, 0.6) is 0 Å². The molecule has 2 N–H and O–H groups in total. The Morgan fingerprint density at radius 3 is 2.64 bits per heavy atom. The van der Waals surface area contributed by atoms with Crippen LogP contribution in [-0.2, 0) is 9.53 Å². The van der Waals surface area contributed by atoms with Gasteiger partial charge in [0.15, 0.2) is 0 Å². The third kappa shape index (κ3) is 5.70. The van der Waals surface area contributed by atoms with Gasteiger partial charge in [-0.1, -0.05) is 0 Å². The smallest absolute Gasteiger partial charge is 0.269 e. The summed E-state index contributed by atoms with van der Waals surface area (Å²) in [5, 5.41) is 16.9. The summed E-state index contributed by atoms with van der Waals surface area (Å²) in [5.41, 5.74) is -0.137. The Morgan fingerprint density at radius 2 is 2.08 bits per heavy atom. The van der Waals surface area contributed by atoms with Crippen molar-refractivity contribution in [1.29, 1.82) is 0 Å². The zero-order chi connectivity index (χ0) is 18.4. The zero-order valence-electron chi connectivity index (χ0n) is 15.1. The van der Waals surface area contributed by atoms with E-state index in [0.717, 1.165) is 32.3 Å². The number of nitrogens with zero attached hydrogens (tertiary/aromatic N) is 1. The molecule has 0 aromatic heterocycles. The van der Waals surface area contributed by atoms with Crippen molar-refractivity contribution in [2.75, 3.05) is 11.9 Å². The molecule has 1 saturated heterocycles. The minimum atomic E-state index is -0.825. The lowest BCUT2D eigenvalue weighted by Crippen LogP contribution is -2.50. The molecule has 2 rings (SSSR count). The number of nitro benzene ring substituents is 1. The SMILES string of the molecule is C[C@H](CC[C@@H]1CCCO1)NC(=O)C(C)(C)Nc1ccc([N+](=O)[O-])cc1. The summed E-state index contributed by atoms with van der Waals surface area (Å²) in [4.78, 5) is 22.8. The van der Waals surface area contributed by atoms with E-state index < -0.39 is 10.5 Å². The summed E-state index contributed by atoms with van der Waals surface area (Å²) >= 11 is 0. The third-order valence-corrected chi connectivity index (χ3v) is 4.43. The van der Waals surface area contributed by atoms with E-state index in [1.165, 1.54) is 12.1 Å². The van der Waals surface area contributed by atoms with Crippen LogP contribution in [0.25, 0.3) is 0 Å². The van der Waals surface area contributed by atoms with Gasteiger partial charge in [0.05, 0.1) is 11.0 Å². The first kappa shape index (κ1) is 19.2. The number of rotatable bonds is 8. The highest BCUT2D eigenvalue weighted by atomic mass is 16.6. The molecule has 0 radical (unpaired) electrons. The first-order valence-corrected chi connectivity index (χ1v) is 8.73. The van der Waals surface area contributed by atoms with Crippen molar-refractivity contribution in [1.82, 2.24) is 5.32 Å². The Morgan fingerprint density at radius 1 is 1.40 bits per heavy atom. The molecule has 7 nitrogen and oxygen atoms in total. The lowest BCUT2D eigenvalue weighted by Gasteiger charge is -2.28. The fraction of sp³-hybridized carbons (Fsp3) is 0.611. The molecule has 1 fully saturated rings. The van der Waals surface area contributed by atoms with E-state index in [2.05, 4.69) is 10.6 Å². The number of ether oxygens (including phenoxy) is 1. The monoisotopic (exact) mass is 349 g/mol. The van der Waals surface area contributed by atoms with Gasteiger partial charge in [0.25, 0.3) is 5.69 Å². The van der Waals surface area contributed by atoms with E-state index in [0.29, 0.717) is 11.8 Å². The van der Waals surface area contributed by atoms with E-state index in [-0.39, 0.29) is 17.6 Å². The molecule has 1 aliphatic heterocycles. The Bertz CT molecular complexity index is 595. The van der Waals surface area contributed by atoms with Gasteiger partial charge in [0.2, 0.25) is 5.91 Å². The van der Waals surface area contributed by atoms with E-state index in [4.69, 9.17) is 4.74 Å². The van der Waals surface area contributed by atoms with E-state index in [9.17, 15) is 14.9 Å². The number of non-ortho nitro benzene ring substituents is 1. The van der Waals surface area contributed by atoms with Crippen LogP contribution < -0.4 is 10.6 Å². The molecular weight excluding hydrogens is 322 g/mol. The first-order chi connectivity index (χ1) is 11.8. The molecule has 2 atom stereocenters. The number of nitro groups is 1. The number of carbonyl (C=O) groups excluding carboxylic acids is 1. The quantitative estimate of drug-likeness (QED) is 0.555. The fourth-order valence-electron chi connectivity index (χ4n) is 2.87. The second-order valence-electron chi connectivity index (χ2n) is 7.14. The highest BCUT2D eigenvalue weighted by molar-refractivity contribution is 5.88. The maximum Gasteiger partial charge on any atom is 0.269 e. The van der Waals surface area contributed by atoms with Crippen molar-refractivity contribution < 1.29 is 14.5 Å². The van der Waals surface area contributed by atoms with Gasteiger partial charge in [-0.2, -0.15) is 0 Å². The van der Waals surface area contributed by atoms with E-state index in [1.807, 2.05) is 6.92 Å². The molecule has 0 aliphatic carbocycles. The number of hydrogen-bond acceptors (Lipinski definition) is 5. The van der Waals surface area contributed by atoms with Gasteiger partial charge in [0, 0.05) is 30.5 Å². The van der Waals surface area contributed by atoms with Gasteiger partial charge in [0.1, 0.15) is 5.54 Å². The maximum absolute atomic E-state index is 12.5. The predicted molar refractivity (Wildman–Crippen MR) is 96.6 cm³/mol. The molecule has 1 aliphatic rings. The standard InChI is InChI=1S/C18H27N3O4/c1-13(6-11-16-5-4-12-25-16)19-17(22)18(2,3)20-14-7-9-15(10-8-14)21(23)24/h7-10,13,16,20H,4-6,11-12H2,1-3H3,(H,19,22)/t13-,16+/m1/s1. The highest BCUT2D eigenvalue weighted by Gasteiger charge is 2.28. The van der Waals surface area contributed by atoms with Crippen LogP contribution in [0.1, 0.15) is 46.5 Å². The van der Waals surface area contributed by atoms with Gasteiger partial charge in [-0.05, 0) is 58.6 Å². The molecule has 1 aromatic rings. The zero-order valence-corrected chi connectivity index (χ0v) is 15.1. The van der Waals surface area contributed by atoms with Crippen molar-refractivity contribution in [2.45, 2.75) is 64.1 Å². The van der Waals surface area contributed by atoms with E-state index >= 15 is 0 Å². The number of carbonyl (C=O) groups is 1. The van der Waals surface area contributed by atoms with Crippen LogP contribution in [0, 0.1) is 10.1 Å². The number of anilines is 1. The summed E-state index contributed by atoms with van der Waals surface area (Å²) in [6.07, 6.45) is 4.39. The summed E-state index contributed by atoms with van der Waals surface area (Å²) in [6, 6.07) is 6.11. The van der Waals surface area contributed by atoms with Crippen molar-refractivity contribution in [3.63, 3.8) is 0 Å². The topological polar surface area (TPSA) is 93.5 Å². The minimum Gasteiger partial charge on any atom is -0.378 e. The highest BCUT2D eigenvalue weighted by Crippen LogP contribution is 2.20. The van der Waals surface area contributed by atoms with Gasteiger partial charge in [-0.3, -0.25) is 14.9 Å². The lowest BCUT2D eigenvalue weighted by atomic mass is 10.0. The van der Waals surface area contributed by atoms with Crippen LogP contribution in [0.3, 0.4) is 0 Å². The Kier molecular flexibility index (Phi) is 6.36. The Hall–Kier alpha value is -2.15. The molecule has 1 aromatic carbocycles. The molecule has 1 heterocycles. The van der Waals surface area contributed by atoms with Gasteiger partial charge in [-0.15, -0.1) is 0 Å². The fourth-order valence-corrected chi connectivity index (χ4v) is 2.87. The van der Waals surface area contributed by atoms with Gasteiger partial charge < -0.3 is 15.4 Å². The number of nitrogens with one attached hydrogen (secondary N) is 2. The minimum absolute atomic E-state index is 0.0237. The molecule has 0 unspecified atom stereocenters. The normalized spacial score (nSPS) is 18.6. The molecule has 138 valence electrons. The van der Waals surface area contributed by atoms with Gasteiger partial charge in [-0.25, -0.2) is 0 Å². The van der Waals surface area contributed by atoms with Crippen molar-refractivity contribution in [3.8, 4) is 0 Å². The van der Waals surface area contributed by atoms with E-state index in [1.54, 1.807) is 26.0 Å². The van der Waals surface area contributed by atoms with Crippen LogP contribution in [0.4, 0.5) is 11.4 Å². The number of amides is 1. The second-order valence-corrected chi connectivity index (χ2v) is 7.14. The molecular formula is C18H27N3O4. The van der Waals surface area contributed by atoms with Crippen LogP contribution in [0.15, 0.2) is 24.3 Å². The average molecular weight is 349 g/mol. The summed E-state index contributed by atoms with van der Waals surface area (Å²) in [7, 11) is 0. The largest absolute Gasteiger partial charge is 0.378 e. The lowest BCUT2D eigenvalue weighted by molar-refractivity contribution is -0.384.